The first-order valence-corrected chi connectivity index (χ1v) is 11.5. The highest BCUT2D eigenvalue weighted by Gasteiger charge is 2.18. The van der Waals surface area contributed by atoms with Gasteiger partial charge in [0.25, 0.3) is 0 Å². The first-order chi connectivity index (χ1) is 17.3. The van der Waals surface area contributed by atoms with Crippen molar-refractivity contribution in [3.05, 3.63) is 127 Å². The van der Waals surface area contributed by atoms with Gasteiger partial charge >= 0.3 is 0 Å². The van der Waals surface area contributed by atoms with Crippen LogP contribution in [0.25, 0.3) is 44.9 Å². The first kappa shape index (κ1) is 20.8. The van der Waals surface area contributed by atoms with E-state index >= 15 is 0 Å². The lowest BCUT2D eigenvalue weighted by Crippen LogP contribution is -1.92. The molecule has 5 heteroatoms. The molecule has 6 aromatic rings. The van der Waals surface area contributed by atoms with Gasteiger partial charge in [0, 0.05) is 23.1 Å². The lowest BCUT2D eigenvalue weighted by Gasteiger charge is -2.09. The summed E-state index contributed by atoms with van der Waals surface area (Å²) in [6.07, 6.45) is 0.615. The molecule has 0 unspecified atom stereocenters. The molecule has 0 saturated carbocycles. The van der Waals surface area contributed by atoms with Gasteiger partial charge in [0.1, 0.15) is 11.5 Å². The maximum absolute atomic E-state index is 6.59. The molecule has 0 amide bonds. The second-order valence-electron chi connectivity index (χ2n) is 8.34. The van der Waals surface area contributed by atoms with Crippen LogP contribution >= 0.6 is 0 Å². The number of hydrogen-bond donors (Lipinski definition) is 1. The van der Waals surface area contributed by atoms with Gasteiger partial charge in [0.2, 0.25) is 0 Å². The number of nitrogens with zero attached hydrogens (tertiary/aromatic N) is 3. The maximum Gasteiger partial charge on any atom is 0.178 e. The van der Waals surface area contributed by atoms with Gasteiger partial charge in [0.05, 0.1) is 0 Å². The topological polar surface area (TPSA) is 67.6 Å². The summed E-state index contributed by atoms with van der Waals surface area (Å²) in [7, 11) is 0. The Kier molecular flexibility index (Phi) is 5.49. The summed E-state index contributed by atoms with van der Waals surface area (Å²) in [4.78, 5) is 0. The van der Waals surface area contributed by atoms with Crippen LogP contribution in [-0.4, -0.2) is 20.6 Å². The average Bonchev–Trinajstić information content (AvgIpc) is 3.60. The Bertz CT molecular complexity index is 1500. The van der Waals surface area contributed by atoms with E-state index in [1.165, 1.54) is 0 Å². The Labute approximate surface area is 203 Å². The fourth-order valence-corrected chi connectivity index (χ4v) is 4.40. The van der Waals surface area contributed by atoms with Crippen LogP contribution in [0, 0.1) is 0 Å². The molecule has 2 aromatic heterocycles. The number of nitrogens with one attached hydrogen (secondary N) is 1. The summed E-state index contributed by atoms with van der Waals surface area (Å²) in [6, 6.07) is 39.6. The highest BCUT2D eigenvalue weighted by molar-refractivity contribution is 5.88. The lowest BCUT2D eigenvalue weighted by molar-refractivity contribution is 0.598. The number of aromatic amines is 1. The van der Waals surface area contributed by atoms with E-state index in [0.29, 0.717) is 12.2 Å². The van der Waals surface area contributed by atoms with Crippen molar-refractivity contribution >= 4 is 0 Å². The van der Waals surface area contributed by atoms with Gasteiger partial charge in [-0.15, -0.1) is 10.2 Å². The molecule has 0 saturated heterocycles. The molecule has 0 spiro atoms. The quantitative estimate of drug-likeness (QED) is 0.293. The molecule has 5 nitrogen and oxygen atoms in total. The van der Waals surface area contributed by atoms with Crippen LogP contribution in [0.5, 0.6) is 0 Å². The summed E-state index contributed by atoms with van der Waals surface area (Å²) >= 11 is 0. The fourth-order valence-electron chi connectivity index (χ4n) is 4.40. The van der Waals surface area contributed by atoms with Crippen LogP contribution in [-0.2, 0) is 6.42 Å². The summed E-state index contributed by atoms with van der Waals surface area (Å²) < 4.78 is 6.59. The molecule has 0 aliphatic rings. The van der Waals surface area contributed by atoms with E-state index in [0.717, 1.165) is 50.5 Å². The monoisotopic (exact) mass is 454 g/mol. The fraction of sp³-hybridized carbons (Fsp3) is 0.0333. The van der Waals surface area contributed by atoms with E-state index in [1.54, 1.807) is 0 Å². The zero-order valence-corrected chi connectivity index (χ0v) is 18.9. The van der Waals surface area contributed by atoms with Gasteiger partial charge in [-0.1, -0.05) is 114 Å². The predicted octanol–water partition coefficient (Wildman–Crippen LogP) is 7.05. The number of H-pyrrole nitrogens is 1. The molecule has 0 radical (unpaired) electrons. The lowest BCUT2D eigenvalue weighted by atomic mass is 9.95. The minimum Gasteiger partial charge on any atom is -0.455 e. The van der Waals surface area contributed by atoms with Crippen molar-refractivity contribution in [1.29, 1.82) is 0 Å². The zero-order chi connectivity index (χ0) is 23.5. The van der Waals surface area contributed by atoms with Crippen molar-refractivity contribution in [3.8, 4) is 44.9 Å². The van der Waals surface area contributed by atoms with Crippen molar-refractivity contribution in [2.75, 3.05) is 0 Å². The highest BCUT2D eigenvalue weighted by atomic mass is 16.3. The van der Waals surface area contributed by atoms with E-state index in [9.17, 15) is 0 Å². The zero-order valence-electron chi connectivity index (χ0n) is 18.9. The maximum atomic E-state index is 6.59. The van der Waals surface area contributed by atoms with Crippen LogP contribution in [0.4, 0.5) is 0 Å². The SMILES string of the molecule is c1ccc(-c2cc(-c3ccccc3-c3cccc(Cc4nn[nH]n4)c3)oc2-c2ccccc2)cc1. The van der Waals surface area contributed by atoms with Gasteiger partial charge in [0.15, 0.2) is 5.82 Å². The Morgan fingerprint density at radius 3 is 2.03 bits per heavy atom. The molecule has 0 aliphatic carbocycles. The van der Waals surface area contributed by atoms with Crippen molar-refractivity contribution in [2.45, 2.75) is 6.42 Å². The second-order valence-corrected chi connectivity index (χ2v) is 8.34. The van der Waals surface area contributed by atoms with Crippen LogP contribution in [0.15, 0.2) is 120 Å². The largest absolute Gasteiger partial charge is 0.455 e. The Morgan fingerprint density at radius 1 is 0.600 bits per heavy atom. The summed E-state index contributed by atoms with van der Waals surface area (Å²) in [5, 5.41) is 14.4. The van der Waals surface area contributed by atoms with Crippen molar-refractivity contribution < 1.29 is 4.42 Å². The number of tetrazole rings is 1. The van der Waals surface area contributed by atoms with Crippen molar-refractivity contribution in [3.63, 3.8) is 0 Å². The minimum atomic E-state index is 0.615. The molecule has 0 atom stereocenters. The van der Waals surface area contributed by atoms with Crippen LogP contribution < -0.4 is 0 Å². The normalized spacial score (nSPS) is 11.0. The summed E-state index contributed by atoms with van der Waals surface area (Å²) in [5.41, 5.74) is 7.64. The summed E-state index contributed by atoms with van der Waals surface area (Å²) in [6.45, 7) is 0. The Morgan fingerprint density at radius 2 is 1.29 bits per heavy atom. The molecular formula is C30H22N4O. The van der Waals surface area contributed by atoms with E-state index in [-0.39, 0.29) is 0 Å². The van der Waals surface area contributed by atoms with Gasteiger partial charge in [-0.3, -0.25) is 0 Å². The summed E-state index contributed by atoms with van der Waals surface area (Å²) in [5.74, 6) is 2.37. The third-order valence-electron chi connectivity index (χ3n) is 6.03. The number of rotatable bonds is 6. The number of hydrogen-bond acceptors (Lipinski definition) is 4. The standard InChI is InChI=1S/C30H22N4O/c1-3-11-22(12-4-1)27-20-28(35-30(27)23-13-5-2-6-14-23)26-17-8-7-16-25(26)24-15-9-10-21(18-24)19-29-31-33-34-32-29/h1-18,20H,19H2,(H,31,32,33,34). The third-order valence-corrected chi connectivity index (χ3v) is 6.03. The third kappa shape index (κ3) is 4.27. The van der Waals surface area contributed by atoms with Crippen molar-refractivity contribution in [1.82, 2.24) is 20.6 Å². The highest BCUT2D eigenvalue weighted by Crippen LogP contribution is 2.41. The first-order valence-electron chi connectivity index (χ1n) is 11.5. The number of benzene rings is 4. The van der Waals surface area contributed by atoms with E-state index < -0.39 is 0 Å². The van der Waals surface area contributed by atoms with Gasteiger partial charge < -0.3 is 4.42 Å². The second kappa shape index (κ2) is 9.23. The molecule has 1 N–H and O–H groups in total. The van der Waals surface area contributed by atoms with E-state index in [2.05, 4.69) is 112 Å². The van der Waals surface area contributed by atoms with Crippen LogP contribution in [0.1, 0.15) is 11.4 Å². The van der Waals surface area contributed by atoms with Gasteiger partial charge in [-0.2, -0.15) is 5.21 Å². The predicted molar refractivity (Wildman–Crippen MR) is 137 cm³/mol. The smallest absolute Gasteiger partial charge is 0.178 e. The minimum absolute atomic E-state index is 0.615. The molecule has 0 aliphatic heterocycles. The molecule has 0 fully saturated rings. The average molecular weight is 455 g/mol. The Balaban J connectivity index is 1.46. The number of furan rings is 1. The molecule has 35 heavy (non-hydrogen) atoms. The van der Waals surface area contributed by atoms with E-state index in [1.807, 2.05) is 24.3 Å². The van der Waals surface area contributed by atoms with Crippen LogP contribution in [0.3, 0.4) is 0 Å². The molecule has 168 valence electrons. The molecule has 0 bridgehead atoms. The molecule has 4 aromatic carbocycles. The molecule has 6 rings (SSSR count). The molecule has 2 heterocycles. The van der Waals surface area contributed by atoms with Gasteiger partial charge in [-0.25, -0.2) is 0 Å². The van der Waals surface area contributed by atoms with Crippen LogP contribution in [0.2, 0.25) is 0 Å². The van der Waals surface area contributed by atoms with Crippen molar-refractivity contribution in [2.24, 2.45) is 0 Å². The molecular weight excluding hydrogens is 432 g/mol. The Hall–Kier alpha value is -4.77. The van der Waals surface area contributed by atoms with Gasteiger partial charge in [-0.05, 0) is 28.3 Å². The van der Waals surface area contributed by atoms with E-state index in [4.69, 9.17) is 4.42 Å². The number of aromatic nitrogens is 4.